The second kappa shape index (κ2) is 21.0. The lowest BCUT2D eigenvalue weighted by Gasteiger charge is -2.34. The lowest BCUT2D eigenvalue weighted by Crippen LogP contribution is -2.58. The predicted molar refractivity (Wildman–Crippen MR) is 205 cm³/mol. The van der Waals surface area contributed by atoms with Crippen LogP contribution >= 0.6 is 0 Å². The van der Waals surface area contributed by atoms with Crippen molar-refractivity contribution >= 4 is 41.4 Å². The Hall–Kier alpha value is -4.53. The van der Waals surface area contributed by atoms with Gasteiger partial charge in [0.25, 0.3) is 5.91 Å². The van der Waals surface area contributed by atoms with Crippen LogP contribution in [0.2, 0.25) is 0 Å². The Morgan fingerprint density at radius 1 is 0.927 bits per heavy atom. The van der Waals surface area contributed by atoms with Crippen LogP contribution < -0.4 is 21.3 Å². The van der Waals surface area contributed by atoms with Crippen molar-refractivity contribution in [3.63, 3.8) is 0 Å². The number of nitrogens with one attached hydrogen (secondary N) is 4. The molecule has 2 aliphatic rings. The number of benzene rings is 1. The van der Waals surface area contributed by atoms with Gasteiger partial charge in [-0.15, -0.1) is 0 Å². The van der Waals surface area contributed by atoms with E-state index in [-0.39, 0.29) is 43.7 Å². The van der Waals surface area contributed by atoms with Gasteiger partial charge in [0.1, 0.15) is 18.1 Å². The molecule has 3 rings (SSSR count). The van der Waals surface area contributed by atoms with Gasteiger partial charge in [-0.25, -0.2) is 4.79 Å². The Bertz CT molecular complexity index is 1490. The molecule has 1 aliphatic heterocycles. The third kappa shape index (κ3) is 13.9. The number of likely N-dealkylation sites (tertiary alicyclic amines) is 1. The van der Waals surface area contributed by atoms with Gasteiger partial charge in [0.2, 0.25) is 29.4 Å². The summed E-state index contributed by atoms with van der Waals surface area (Å²) in [5.74, 6) is -4.24. The zero-order valence-corrected chi connectivity index (χ0v) is 33.8. The first-order valence-corrected chi connectivity index (χ1v) is 19.5. The summed E-state index contributed by atoms with van der Waals surface area (Å²) >= 11 is 0. The lowest BCUT2D eigenvalue weighted by atomic mass is 9.83. The number of nitrogens with zero attached hydrogens (tertiary/aromatic N) is 2. The Morgan fingerprint density at radius 2 is 1.58 bits per heavy atom. The number of amides is 6. The Kier molecular flexibility index (Phi) is 17.1. The predicted octanol–water partition coefficient (Wildman–Crippen LogP) is 3.02. The Balaban J connectivity index is 1.76. The molecule has 306 valence electrons. The molecule has 0 radical (unpaired) electrons. The Labute approximate surface area is 325 Å². The summed E-state index contributed by atoms with van der Waals surface area (Å²) in [5, 5.41) is 10.5. The van der Waals surface area contributed by atoms with Crippen LogP contribution in [-0.4, -0.2) is 115 Å². The van der Waals surface area contributed by atoms with Gasteiger partial charge in [0.05, 0.1) is 30.9 Å². The molecule has 0 spiro atoms. The van der Waals surface area contributed by atoms with Gasteiger partial charge in [-0.3, -0.25) is 28.8 Å². The smallest absolute Gasteiger partial charge is 0.407 e. The molecular formula is C40H62N6O9. The molecule has 1 saturated carbocycles. The topological polar surface area (TPSA) is 193 Å². The highest BCUT2D eigenvalue weighted by Gasteiger charge is 2.46. The van der Waals surface area contributed by atoms with E-state index < -0.39 is 77.9 Å². The van der Waals surface area contributed by atoms with Crippen molar-refractivity contribution in [2.24, 2.45) is 11.8 Å². The van der Waals surface area contributed by atoms with Crippen molar-refractivity contribution in [2.75, 3.05) is 33.8 Å². The number of carbonyl (C=O) groups is 7. The second-order valence-corrected chi connectivity index (χ2v) is 16.1. The van der Waals surface area contributed by atoms with Gasteiger partial charge < -0.3 is 40.5 Å². The van der Waals surface area contributed by atoms with Crippen molar-refractivity contribution in [1.82, 2.24) is 31.1 Å². The molecule has 1 saturated heterocycles. The zero-order valence-electron chi connectivity index (χ0n) is 33.8. The number of alkyl carbamates (subject to hydrolysis) is 1. The molecule has 0 bridgehead atoms. The number of hydrogen-bond donors (Lipinski definition) is 4. The molecule has 0 aromatic heterocycles. The average molecular weight is 771 g/mol. The van der Waals surface area contributed by atoms with Crippen molar-refractivity contribution in [3.8, 4) is 0 Å². The van der Waals surface area contributed by atoms with Gasteiger partial charge >= 0.3 is 6.09 Å². The first-order chi connectivity index (χ1) is 25.9. The highest BCUT2D eigenvalue weighted by atomic mass is 16.5. The van der Waals surface area contributed by atoms with Crippen LogP contribution in [0.5, 0.6) is 0 Å². The molecule has 15 nitrogen and oxygen atoms in total. The summed E-state index contributed by atoms with van der Waals surface area (Å²) in [6.07, 6.45) is 3.78. The Morgan fingerprint density at radius 3 is 2.16 bits per heavy atom. The van der Waals surface area contributed by atoms with E-state index in [1.165, 1.54) is 9.80 Å². The van der Waals surface area contributed by atoms with E-state index in [2.05, 4.69) is 21.3 Å². The summed E-state index contributed by atoms with van der Waals surface area (Å²) in [7, 11) is 3.12. The maximum Gasteiger partial charge on any atom is 0.407 e. The van der Waals surface area contributed by atoms with Crippen LogP contribution in [0.3, 0.4) is 0 Å². The van der Waals surface area contributed by atoms with Crippen LogP contribution in [0.25, 0.3) is 0 Å². The number of ether oxygens (including phenoxy) is 2. The summed E-state index contributed by atoms with van der Waals surface area (Å²) in [6.45, 7) is 10.9. The van der Waals surface area contributed by atoms with Crippen LogP contribution in [0.15, 0.2) is 30.3 Å². The number of likely N-dealkylation sites (N-methyl/N-ethyl adjacent to an activating group) is 1. The summed E-state index contributed by atoms with van der Waals surface area (Å²) in [5.41, 5.74) is -0.0394. The summed E-state index contributed by atoms with van der Waals surface area (Å²) in [4.78, 5) is 96.4. The number of rotatable bonds is 17. The van der Waals surface area contributed by atoms with Crippen molar-refractivity contribution in [1.29, 1.82) is 0 Å². The molecule has 5 atom stereocenters. The minimum absolute atomic E-state index is 0.0857. The molecule has 15 heteroatoms. The SMILES string of the molecule is CCCC(NC(=O)[C@@H]1CC(OC(C)(C)C)CN1C(=O)C(NC(=O)OCC(C)C)C1CCCCC1)C(=O)C(=O)NCC(=O)NC(C(=O)N(C)C)c1ccccc1. The highest BCUT2D eigenvalue weighted by molar-refractivity contribution is 6.38. The second-order valence-electron chi connectivity index (χ2n) is 16.1. The number of ketones is 1. The van der Waals surface area contributed by atoms with Gasteiger partial charge in [-0.2, -0.15) is 0 Å². The van der Waals surface area contributed by atoms with Crippen LogP contribution in [0, 0.1) is 11.8 Å². The number of carbonyl (C=O) groups excluding carboxylic acids is 7. The maximum absolute atomic E-state index is 14.4. The van der Waals surface area contributed by atoms with E-state index in [9.17, 15) is 33.6 Å². The monoisotopic (exact) mass is 770 g/mol. The van der Waals surface area contributed by atoms with E-state index in [1.807, 2.05) is 34.6 Å². The van der Waals surface area contributed by atoms with E-state index >= 15 is 0 Å². The average Bonchev–Trinajstić information content (AvgIpc) is 3.56. The first kappa shape index (κ1) is 44.9. The van der Waals surface area contributed by atoms with Crippen LogP contribution in [0.4, 0.5) is 4.79 Å². The first-order valence-electron chi connectivity index (χ1n) is 19.5. The minimum atomic E-state index is -1.24. The minimum Gasteiger partial charge on any atom is -0.449 e. The molecule has 1 aromatic carbocycles. The standard InChI is InChI=1S/C40H62N6O9/c1-9-16-29(34(48)36(50)41-22-31(47)43-32(37(51)45(7)8)26-17-12-10-13-18-26)42-35(49)30-21-28(55-40(4,5)6)23-46(30)38(52)33(27-19-14-11-15-20-27)44-39(53)54-24-25(2)3/h10,12-13,17-18,25,27-30,32-33H,9,11,14-16,19-24H2,1-8H3,(H,41,50)(H,42,49)(H,43,47)(H,44,53)/t28?,29?,30-,32?,33?/m0/s1. The van der Waals surface area contributed by atoms with Gasteiger partial charge in [0.15, 0.2) is 0 Å². The molecular weight excluding hydrogens is 708 g/mol. The molecule has 1 aliphatic carbocycles. The van der Waals surface area contributed by atoms with Crippen LogP contribution in [-0.2, 0) is 38.2 Å². The van der Waals surface area contributed by atoms with E-state index in [0.29, 0.717) is 12.0 Å². The molecule has 55 heavy (non-hydrogen) atoms. The molecule has 4 unspecified atom stereocenters. The molecule has 6 amide bonds. The van der Waals surface area contributed by atoms with Gasteiger partial charge in [-0.05, 0) is 57.4 Å². The fourth-order valence-corrected chi connectivity index (χ4v) is 6.95. The fourth-order valence-electron chi connectivity index (χ4n) is 6.95. The normalized spacial score (nSPS) is 19.1. The van der Waals surface area contributed by atoms with E-state index in [4.69, 9.17) is 9.47 Å². The van der Waals surface area contributed by atoms with Gasteiger partial charge in [0, 0.05) is 27.1 Å². The molecule has 2 fully saturated rings. The van der Waals surface area contributed by atoms with E-state index in [1.54, 1.807) is 51.4 Å². The molecule has 1 heterocycles. The van der Waals surface area contributed by atoms with Crippen molar-refractivity contribution < 1.29 is 43.0 Å². The largest absolute Gasteiger partial charge is 0.449 e. The van der Waals surface area contributed by atoms with Crippen LogP contribution in [0.1, 0.15) is 105 Å². The summed E-state index contributed by atoms with van der Waals surface area (Å²) < 4.78 is 11.6. The van der Waals surface area contributed by atoms with E-state index in [0.717, 1.165) is 32.1 Å². The zero-order chi connectivity index (χ0) is 40.9. The number of Topliss-reactive ketones (excluding diaryl/α,β-unsaturated/α-hetero) is 1. The molecule has 4 N–H and O–H groups in total. The fraction of sp³-hybridized carbons (Fsp3) is 0.675. The lowest BCUT2D eigenvalue weighted by molar-refractivity contribution is -0.143. The third-order valence-corrected chi connectivity index (χ3v) is 9.55. The number of hydrogen-bond acceptors (Lipinski definition) is 9. The highest BCUT2D eigenvalue weighted by Crippen LogP contribution is 2.31. The van der Waals surface area contributed by atoms with Crippen molar-refractivity contribution in [3.05, 3.63) is 35.9 Å². The third-order valence-electron chi connectivity index (χ3n) is 9.55. The summed E-state index contributed by atoms with van der Waals surface area (Å²) in [6, 6.07) is 4.39. The quantitative estimate of drug-likeness (QED) is 0.173. The van der Waals surface area contributed by atoms with Crippen molar-refractivity contribution in [2.45, 2.75) is 129 Å². The molecule has 1 aromatic rings. The maximum atomic E-state index is 14.4. The van der Waals surface area contributed by atoms with Gasteiger partial charge in [-0.1, -0.05) is 76.8 Å².